The molecule has 0 bridgehead atoms. The molecule has 0 aromatic carbocycles. The van der Waals surface area contributed by atoms with E-state index in [0.29, 0.717) is 11.4 Å². The van der Waals surface area contributed by atoms with Gasteiger partial charge in [0.25, 0.3) is 0 Å². The Hall–Kier alpha value is -2.10. The van der Waals surface area contributed by atoms with Gasteiger partial charge in [-0.25, -0.2) is 0 Å². The van der Waals surface area contributed by atoms with Crippen LogP contribution in [0.3, 0.4) is 0 Å². The maximum Gasteiger partial charge on any atom is 0.166 e. The molecular formula is C12H12N2O2. The molecule has 0 atom stereocenters. The van der Waals surface area contributed by atoms with Crippen LogP contribution in [0.5, 0.6) is 0 Å². The summed E-state index contributed by atoms with van der Waals surface area (Å²) in [4.78, 5) is 27.1. The highest BCUT2D eigenvalue weighted by atomic mass is 16.1. The zero-order valence-corrected chi connectivity index (χ0v) is 8.86. The molecule has 2 N–H and O–H groups in total. The van der Waals surface area contributed by atoms with Gasteiger partial charge in [-0.3, -0.25) is 9.59 Å². The predicted octanol–water partition coefficient (Wildman–Crippen LogP) is 2.12. The van der Waals surface area contributed by atoms with Crippen LogP contribution in [-0.4, -0.2) is 22.5 Å². The third-order valence-corrected chi connectivity index (χ3v) is 2.65. The SMILES string of the molecule is CC(c1ccc(C=O)[nH]1)c1ccc(C=O)[nH]1. The Morgan fingerprint density at radius 1 is 0.938 bits per heavy atom. The maximum absolute atomic E-state index is 10.5. The molecule has 4 nitrogen and oxygen atoms in total. The van der Waals surface area contributed by atoms with Gasteiger partial charge in [-0.2, -0.15) is 0 Å². The van der Waals surface area contributed by atoms with Gasteiger partial charge in [0.1, 0.15) is 0 Å². The minimum atomic E-state index is 0.0994. The van der Waals surface area contributed by atoms with Crippen molar-refractivity contribution in [3.8, 4) is 0 Å². The van der Waals surface area contributed by atoms with E-state index in [1.165, 1.54) is 0 Å². The average Bonchev–Trinajstić information content (AvgIpc) is 2.97. The highest BCUT2D eigenvalue weighted by Crippen LogP contribution is 2.22. The van der Waals surface area contributed by atoms with E-state index in [4.69, 9.17) is 0 Å². The summed E-state index contributed by atoms with van der Waals surface area (Å²) in [5.41, 5.74) is 3.01. The lowest BCUT2D eigenvalue weighted by molar-refractivity contribution is 0.111. The van der Waals surface area contributed by atoms with Gasteiger partial charge in [0.15, 0.2) is 12.6 Å². The van der Waals surface area contributed by atoms with Crippen molar-refractivity contribution < 1.29 is 9.59 Å². The quantitative estimate of drug-likeness (QED) is 0.769. The first-order valence-electron chi connectivity index (χ1n) is 5.02. The minimum absolute atomic E-state index is 0.0994. The van der Waals surface area contributed by atoms with Gasteiger partial charge >= 0.3 is 0 Å². The average molecular weight is 216 g/mol. The number of aromatic nitrogens is 2. The third kappa shape index (κ3) is 1.82. The lowest BCUT2D eigenvalue weighted by Crippen LogP contribution is -1.97. The fourth-order valence-corrected chi connectivity index (χ4v) is 1.67. The van der Waals surface area contributed by atoms with E-state index >= 15 is 0 Å². The molecule has 0 saturated carbocycles. The van der Waals surface area contributed by atoms with E-state index in [1.807, 2.05) is 19.1 Å². The Bertz CT molecular complexity index is 464. The minimum Gasteiger partial charge on any atom is -0.356 e. The van der Waals surface area contributed by atoms with Crippen molar-refractivity contribution in [1.29, 1.82) is 0 Å². The molecule has 0 spiro atoms. The zero-order chi connectivity index (χ0) is 11.5. The van der Waals surface area contributed by atoms with E-state index < -0.39 is 0 Å². The van der Waals surface area contributed by atoms with E-state index in [2.05, 4.69) is 9.97 Å². The highest BCUT2D eigenvalue weighted by molar-refractivity contribution is 5.73. The topological polar surface area (TPSA) is 65.7 Å². The number of aldehydes is 2. The van der Waals surface area contributed by atoms with E-state index in [9.17, 15) is 9.59 Å². The summed E-state index contributed by atoms with van der Waals surface area (Å²) in [6, 6.07) is 7.22. The molecule has 2 aromatic rings. The second kappa shape index (κ2) is 4.18. The number of nitrogens with one attached hydrogen (secondary N) is 2. The van der Waals surface area contributed by atoms with Crippen molar-refractivity contribution in [3.63, 3.8) is 0 Å². The van der Waals surface area contributed by atoms with Crippen LogP contribution in [0.25, 0.3) is 0 Å². The number of H-pyrrole nitrogens is 2. The van der Waals surface area contributed by atoms with Crippen LogP contribution < -0.4 is 0 Å². The summed E-state index contributed by atoms with van der Waals surface area (Å²) in [6.45, 7) is 2.00. The smallest absolute Gasteiger partial charge is 0.166 e. The lowest BCUT2D eigenvalue weighted by atomic mass is 10.1. The number of hydrogen-bond donors (Lipinski definition) is 2. The lowest BCUT2D eigenvalue weighted by Gasteiger charge is -2.07. The normalized spacial score (nSPS) is 10.6. The molecule has 2 aromatic heterocycles. The highest BCUT2D eigenvalue weighted by Gasteiger charge is 2.12. The summed E-state index contributed by atoms with van der Waals surface area (Å²) in [7, 11) is 0. The van der Waals surface area contributed by atoms with Crippen molar-refractivity contribution in [3.05, 3.63) is 47.0 Å². The summed E-state index contributed by atoms with van der Waals surface area (Å²) in [5.74, 6) is 0.0994. The number of rotatable bonds is 4. The molecule has 0 unspecified atom stereocenters. The molecule has 0 aliphatic heterocycles. The second-order valence-electron chi connectivity index (χ2n) is 3.70. The van der Waals surface area contributed by atoms with Crippen LogP contribution in [0.15, 0.2) is 24.3 Å². The molecule has 0 saturated heterocycles. The summed E-state index contributed by atoms with van der Waals surface area (Å²) < 4.78 is 0. The molecule has 2 heterocycles. The van der Waals surface area contributed by atoms with Crippen molar-refractivity contribution in [1.82, 2.24) is 9.97 Å². The Morgan fingerprint density at radius 2 is 1.38 bits per heavy atom. The van der Waals surface area contributed by atoms with Crippen LogP contribution in [0.1, 0.15) is 45.2 Å². The van der Waals surface area contributed by atoms with E-state index in [0.717, 1.165) is 24.0 Å². The second-order valence-corrected chi connectivity index (χ2v) is 3.70. The van der Waals surface area contributed by atoms with Crippen LogP contribution in [0.4, 0.5) is 0 Å². The van der Waals surface area contributed by atoms with Crippen LogP contribution in [-0.2, 0) is 0 Å². The monoisotopic (exact) mass is 216 g/mol. The summed E-state index contributed by atoms with van der Waals surface area (Å²) in [5, 5.41) is 0. The molecule has 82 valence electrons. The number of hydrogen-bond acceptors (Lipinski definition) is 2. The number of aromatic amines is 2. The molecule has 0 fully saturated rings. The predicted molar refractivity (Wildman–Crippen MR) is 59.9 cm³/mol. The molecule has 0 radical (unpaired) electrons. The molecule has 16 heavy (non-hydrogen) atoms. The largest absolute Gasteiger partial charge is 0.356 e. The molecule has 0 amide bonds. The van der Waals surface area contributed by atoms with Crippen LogP contribution >= 0.6 is 0 Å². The number of carbonyl (C=O) groups is 2. The van der Waals surface area contributed by atoms with Crippen molar-refractivity contribution in [2.45, 2.75) is 12.8 Å². The Labute approximate surface area is 92.7 Å². The molecule has 2 rings (SSSR count). The van der Waals surface area contributed by atoms with E-state index in [-0.39, 0.29) is 5.92 Å². The molecular weight excluding hydrogens is 204 g/mol. The van der Waals surface area contributed by atoms with Gasteiger partial charge in [-0.05, 0) is 24.3 Å². The summed E-state index contributed by atoms with van der Waals surface area (Å²) in [6.07, 6.45) is 1.56. The van der Waals surface area contributed by atoms with Gasteiger partial charge in [0, 0.05) is 17.3 Å². The fourth-order valence-electron chi connectivity index (χ4n) is 1.67. The standard InChI is InChI=1S/C12H12N2O2/c1-8(11-4-2-9(6-15)13-11)12-5-3-10(7-16)14-12/h2-8,13-14H,1H3. The van der Waals surface area contributed by atoms with Gasteiger partial charge in [0.05, 0.1) is 11.4 Å². The van der Waals surface area contributed by atoms with Crippen LogP contribution in [0, 0.1) is 0 Å². The van der Waals surface area contributed by atoms with Gasteiger partial charge in [-0.15, -0.1) is 0 Å². The first-order valence-corrected chi connectivity index (χ1v) is 5.02. The van der Waals surface area contributed by atoms with E-state index in [1.54, 1.807) is 12.1 Å². The van der Waals surface area contributed by atoms with Crippen molar-refractivity contribution in [2.75, 3.05) is 0 Å². The molecule has 4 heteroatoms. The van der Waals surface area contributed by atoms with Crippen molar-refractivity contribution >= 4 is 12.6 Å². The van der Waals surface area contributed by atoms with Gasteiger partial charge < -0.3 is 9.97 Å². The fraction of sp³-hybridized carbons (Fsp3) is 0.167. The van der Waals surface area contributed by atoms with Crippen LogP contribution in [0.2, 0.25) is 0 Å². The Balaban J connectivity index is 2.26. The summed E-state index contributed by atoms with van der Waals surface area (Å²) >= 11 is 0. The first kappa shape index (κ1) is 10.4. The van der Waals surface area contributed by atoms with Gasteiger partial charge in [-0.1, -0.05) is 6.92 Å². The number of carbonyl (C=O) groups excluding carboxylic acids is 2. The Kier molecular flexibility index (Phi) is 2.72. The van der Waals surface area contributed by atoms with Gasteiger partial charge in [0.2, 0.25) is 0 Å². The zero-order valence-electron chi connectivity index (χ0n) is 8.86. The molecule has 0 aliphatic carbocycles. The third-order valence-electron chi connectivity index (χ3n) is 2.65. The Morgan fingerprint density at radius 3 is 1.69 bits per heavy atom. The van der Waals surface area contributed by atoms with Crippen molar-refractivity contribution in [2.24, 2.45) is 0 Å². The maximum atomic E-state index is 10.5. The first-order chi connectivity index (χ1) is 7.74. The molecule has 0 aliphatic rings.